The molecule has 1 amide bonds. The summed E-state index contributed by atoms with van der Waals surface area (Å²) >= 11 is 9.40. The van der Waals surface area contributed by atoms with Gasteiger partial charge in [-0.05, 0) is 48.7 Å². The summed E-state index contributed by atoms with van der Waals surface area (Å²) in [4.78, 5) is 18.6. The lowest BCUT2D eigenvalue weighted by molar-refractivity contribution is -0.144. The Labute approximate surface area is 144 Å². The highest BCUT2D eigenvalue weighted by atomic mass is 79.9. The second kappa shape index (κ2) is 8.24. The normalized spacial score (nSPS) is 14.4. The smallest absolute Gasteiger partial charge is 0.257 e. The van der Waals surface area contributed by atoms with Crippen LogP contribution in [0.1, 0.15) is 37.0 Å². The number of aromatic nitrogens is 1. The Morgan fingerprint density at radius 3 is 2.64 bits per heavy atom. The van der Waals surface area contributed by atoms with Crippen molar-refractivity contribution in [2.45, 2.75) is 39.0 Å². The maximum absolute atomic E-state index is 12.8. The van der Waals surface area contributed by atoms with Gasteiger partial charge in [-0.25, -0.2) is 4.98 Å². The Kier molecular flexibility index (Phi) is 6.62. The Morgan fingerprint density at radius 2 is 2.09 bits per heavy atom. The fourth-order valence-corrected chi connectivity index (χ4v) is 2.71. The van der Waals surface area contributed by atoms with Crippen LogP contribution < -0.4 is 0 Å². The highest BCUT2D eigenvalue weighted by Gasteiger charge is 2.35. The Balaban J connectivity index is 2.16. The molecule has 1 aliphatic carbocycles. The zero-order chi connectivity index (χ0) is 16.1. The number of carbonyl (C=O) groups excluding carboxylic acids is 1. The van der Waals surface area contributed by atoms with Gasteiger partial charge >= 0.3 is 0 Å². The van der Waals surface area contributed by atoms with Gasteiger partial charge in [-0.2, -0.15) is 0 Å². The average molecular weight is 392 g/mol. The van der Waals surface area contributed by atoms with Crippen LogP contribution in [0.2, 0.25) is 5.15 Å². The van der Waals surface area contributed by atoms with E-state index in [2.05, 4.69) is 20.9 Å². The predicted molar refractivity (Wildman–Crippen MR) is 88.0 cm³/mol. The summed E-state index contributed by atoms with van der Waals surface area (Å²) in [5, 5.41) is 0.211. The number of halogens is 2. The fraction of sp³-hybridized carbons (Fsp3) is 0.600. The number of ether oxygens (including phenoxy) is 2. The Hall–Kier alpha value is -0.690. The molecule has 1 fully saturated rings. The van der Waals surface area contributed by atoms with Crippen LogP contribution in [0.5, 0.6) is 0 Å². The molecule has 22 heavy (non-hydrogen) atoms. The lowest BCUT2D eigenvalue weighted by Gasteiger charge is -2.27. The molecule has 0 spiro atoms. The average Bonchev–Trinajstić information content (AvgIpc) is 3.31. The Morgan fingerprint density at radius 1 is 1.45 bits per heavy atom. The largest absolute Gasteiger partial charge is 0.351 e. The maximum Gasteiger partial charge on any atom is 0.257 e. The summed E-state index contributed by atoms with van der Waals surface area (Å²) in [5.41, 5.74) is 0.398. The molecule has 1 aromatic heterocycles. The first-order valence-electron chi connectivity index (χ1n) is 7.42. The third kappa shape index (κ3) is 4.65. The van der Waals surface area contributed by atoms with E-state index >= 15 is 0 Å². The third-order valence-corrected chi connectivity index (χ3v) is 4.07. The lowest BCUT2D eigenvalue weighted by atomic mass is 10.2. The molecule has 0 atom stereocenters. The highest BCUT2D eigenvalue weighted by molar-refractivity contribution is 9.10. The first-order chi connectivity index (χ1) is 10.6. The first kappa shape index (κ1) is 17.7. The SMILES string of the molecule is CCOC(CN(C(=O)c1cc(Br)cnc1Cl)C1CC1)OCC. The van der Waals surface area contributed by atoms with E-state index in [9.17, 15) is 4.79 Å². The molecule has 1 heterocycles. The predicted octanol–water partition coefficient (Wildman–Crippen LogP) is 3.50. The van der Waals surface area contributed by atoms with Crippen LogP contribution in [0.4, 0.5) is 0 Å². The maximum atomic E-state index is 12.8. The molecule has 0 saturated heterocycles. The molecule has 0 radical (unpaired) electrons. The highest BCUT2D eigenvalue weighted by Crippen LogP contribution is 2.30. The summed E-state index contributed by atoms with van der Waals surface area (Å²) in [6.45, 7) is 5.29. The number of nitrogens with zero attached hydrogens (tertiary/aromatic N) is 2. The van der Waals surface area contributed by atoms with E-state index in [-0.39, 0.29) is 17.1 Å². The van der Waals surface area contributed by atoms with Gasteiger partial charge in [0.05, 0.1) is 12.1 Å². The van der Waals surface area contributed by atoms with Gasteiger partial charge in [0.2, 0.25) is 0 Å². The van der Waals surface area contributed by atoms with E-state index in [0.29, 0.717) is 25.3 Å². The van der Waals surface area contributed by atoms with Crippen molar-refractivity contribution in [2.24, 2.45) is 0 Å². The summed E-state index contributed by atoms with van der Waals surface area (Å²) in [5.74, 6) is -0.134. The van der Waals surface area contributed by atoms with E-state index < -0.39 is 6.29 Å². The lowest BCUT2D eigenvalue weighted by Crippen LogP contribution is -2.41. The number of hydrogen-bond acceptors (Lipinski definition) is 4. The summed E-state index contributed by atoms with van der Waals surface area (Å²) < 4.78 is 11.8. The molecule has 1 saturated carbocycles. The summed E-state index contributed by atoms with van der Waals surface area (Å²) in [7, 11) is 0. The molecule has 7 heteroatoms. The third-order valence-electron chi connectivity index (χ3n) is 3.34. The van der Waals surface area contributed by atoms with E-state index in [1.54, 1.807) is 17.2 Å². The first-order valence-corrected chi connectivity index (χ1v) is 8.59. The van der Waals surface area contributed by atoms with Crippen LogP contribution in [-0.4, -0.2) is 47.9 Å². The van der Waals surface area contributed by atoms with Crippen molar-refractivity contribution in [3.05, 3.63) is 27.5 Å². The van der Waals surface area contributed by atoms with Crippen LogP contribution in [0.25, 0.3) is 0 Å². The van der Waals surface area contributed by atoms with Crippen LogP contribution in [0, 0.1) is 0 Å². The van der Waals surface area contributed by atoms with Crippen LogP contribution in [0.15, 0.2) is 16.7 Å². The molecule has 1 aliphatic rings. The zero-order valence-electron chi connectivity index (χ0n) is 12.7. The Bertz CT molecular complexity index is 520. The molecule has 1 aromatic rings. The summed E-state index contributed by atoms with van der Waals surface area (Å²) in [6.07, 6.45) is 3.15. The second-order valence-electron chi connectivity index (χ2n) is 5.02. The van der Waals surface area contributed by atoms with Crippen LogP contribution in [-0.2, 0) is 9.47 Å². The van der Waals surface area contributed by atoms with Gasteiger partial charge in [0, 0.05) is 29.9 Å². The van der Waals surface area contributed by atoms with Gasteiger partial charge in [-0.15, -0.1) is 0 Å². The number of carbonyl (C=O) groups is 1. The zero-order valence-corrected chi connectivity index (χ0v) is 15.1. The van der Waals surface area contributed by atoms with Crippen LogP contribution >= 0.6 is 27.5 Å². The van der Waals surface area contributed by atoms with Crippen molar-refractivity contribution in [1.82, 2.24) is 9.88 Å². The molecule has 0 aliphatic heterocycles. The molecule has 2 rings (SSSR count). The topological polar surface area (TPSA) is 51.7 Å². The number of hydrogen-bond donors (Lipinski definition) is 0. The molecule has 0 aromatic carbocycles. The van der Waals surface area contributed by atoms with Crippen molar-refractivity contribution < 1.29 is 14.3 Å². The second-order valence-corrected chi connectivity index (χ2v) is 6.29. The molecule has 0 bridgehead atoms. The minimum atomic E-state index is -0.418. The minimum Gasteiger partial charge on any atom is -0.351 e. The standard InChI is InChI=1S/C15H20BrClN2O3/c1-3-21-13(22-4-2)9-19(11-5-6-11)15(20)12-7-10(16)8-18-14(12)17/h7-8,11,13H,3-6,9H2,1-2H3. The van der Waals surface area contributed by atoms with Gasteiger partial charge in [0.1, 0.15) is 5.15 Å². The van der Waals surface area contributed by atoms with Crippen molar-refractivity contribution >= 4 is 33.4 Å². The number of amides is 1. The van der Waals surface area contributed by atoms with E-state index in [1.807, 2.05) is 13.8 Å². The number of rotatable bonds is 8. The van der Waals surface area contributed by atoms with Crippen molar-refractivity contribution in [2.75, 3.05) is 19.8 Å². The van der Waals surface area contributed by atoms with Gasteiger partial charge in [-0.3, -0.25) is 4.79 Å². The molecule has 122 valence electrons. The summed E-state index contributed by atoms with van der Waals surface area (Å²) in [6, 6.07) is 1.93. The van der Waals surface area contributed by atoms with Crippen molar-refractivity contribution in [3.8, 4) is 0 Å². The molecular formula is C15H20BrClN2O3. The van der Waals surface area contributed by atoms with Gasteiger partial charge < -0.3 is 14.4 Å². The quantitative estimate of drug-likeness (QED) is 0.503. The van der Waals surface area contributed by atoms with Crippen molar-refractivity contribution in [1.29, 1.82) is 0 Å². The van der Waals surface area contributed by atoms with E-state index in [4.69, 9.17) is 21.1 Å². The minimum absolute atomic E-state index is 0.134. The monoisotopic (exact) mass is 390 g/mol. The fourth-order valence-electron chi connectivity index (χ4n) is 2.20. The number of pyridine rings is 1. The molecule has 0 unspecified atom stereocenters. The molecule has 5 nitrogen and oxygen atoms in total. The van der Waals surface area contributed by atoms with Gasteiger partial charge in [-0.1, -0.05) is 11.6 Å². The molecular weight excluding hydrogens is 372 g/mol. The van der Waals surface area contributed by atoms with Gasteiger partial charge in [0.25, 0.3) is 5.91 Å². The van der Waals surface area contributed by atoms with Crippen molar-refractivity contribution in [3.63, 3.8) is 0 Å². The van der Waals surface area contributed by atoms with Gasteiger partial charge in [0.15, 0.2) is 6.29 Å². The molecule has 0 N–H and O–H groups in total. The van der Waals surface area contributed by atoms with E-state index in [0.717, 1.165) is 17.3 Å². The van der Waals surface area contributed by atoms with Crippen LogP contribution in [0.3, 0.4) is 0 Å². The van der Waals surface area contributed by atoms with E-state index in [1.165, 1.54) is 0 Å².